The van der Waals surface area contributed by atoms with Crippen molar-refractivity contribution in [2.45, 2.75) is 37.8 Å². The minimum atomic E-state index is -0.996. The molecule has 1 aromatic rings. The molecular formula is C12H20N4O4. The van der Waals surface area contributed by atoms with Gasteiger partial charge < -0.3 is 25.7 Å². The summed E-state index contributed by atoms with van der Waals surface area (Å²) < 4.78 is 1.55. The van der Waals surface area contributed by atoms with Crippen LogP contribution in [-0.2, 0) is 6.54 Å². The molecular weight excluding hydrogens is 264 g/mol. The molecule has 0 aliphatic carbocycles. The van der Waals surface area contributed by atoms with E-state index in [1.165, 1.54) is 0 Å². The lowest BCUT2D eigenvalue weighted by Gasteiger charge is -2.15. The number of aliphatic hydroxyl groups is 4. The highest BCUT2D eigenvalue weighted by atomic mass is 16.3. The molecule has 2 rings (SSSR count). The smallest absolute Gasteiger partial charge is 0.108 e. The van der Waals surface area contributed by atoms with E-state index in [1.807, 2.05) is 6.92 Å². The maximum atomic E-state index is 9.89. The summed E-state index contributed by atoms with van der Waals surface area (Å²) in [5.41, 5.74) is 1.46. The van der Waals surface area contributed by atoms with Crippen molar-refractivity contribution in [2.24, 2.45) is 0 Å². The van der Waals surface area contributed by atoms with Gasteiger partial charge in [0.05, 0.1) is 50.2 Å². The topological polar surface area (TPSA) is 124 Å². The zero-order valence-electron chi connectivity index (χ0n) is 11.2. The Bertz CT molecular complexity index is 476. The molecule has 0 spiro atoms. The van der Waals surface area contributed by atoms with Crippen molar-refractivity contribution in [3.05, 3.63) is 18.0 Å². The lowest BCUT2D eigenvalue weighted by atomic mass is 10.1. The molecule has 1 aliphatic heterocycles. The number of nitrogens with one attached hydrogen (secondary N) is 1. The van der Waals surface area contributed by atoms with Gasteiger partial charge in [0.2, 0.25) is 0 Å². The SMILES string of the molecule is C/C(=C\CO)c1cn(C[C@H]2N[C@H](CO)[C@@H](O)[C@@H]2O)nn1. The summed E-state index contributed by atoms with van der Waals surface area (Å²) in [7, 11) is 0. The van der Waals surface area contributed by atoms with E-state index in [4.69, 9.17) is 10.2 Å². The molecule has 0 amide bonds. The second kappa shape index (κ2) is 6.42. The first kappa shape index (κ1) is 15.1. The van der Waals surface area contributed by atoms with Gasteiger partial charge in [-0.15, -0.1) is 5.10 Å². The van der Waals surface area contributed by atoms with E-state index in [1.54, 1.807) is 17.0 Å². The van der Waals surface area contributed by atoms with Crippen LogP contribution in [0.25, 0.3) is 5.57 Å². The number of hydrogen-bond donors (Lipinski definition) is 5. The Kier molecular flexibility index (Phi) is 4.84. The molecule has 4 atom stereocenters. The first-order valence-electron chi connectivity index (χ1n) is 6.48. The summed E-state index contributed by atoms with van der Waals surface area (Å²) in [4.78, 5) is 0. The van der Waals surface area contributed by atoms with Crippen LogP contribution in [-0.4, -0.2) is 72.9 Å². The number of aromatic nitrogens is 3. The molecule has 0 radical (unpaired) electrons. The number of rotatable bonds is 5. The molecule has 112 valence electrons. The Labute approximate surface area is 116 Å². The lowest BCUT2D eigenvalue weighted by Crippen LogP contribution is -2.38. The predicted molar refractivity (Wildman–Crippen MR) is 70.6 cm³/mol. The summed E-state index contributed by atoms with van der Waals surface area (Å²) in [6, 6.07) is -0.937. The molecule has 2 heterocycles. The highest BCUT2D eigenvalue weighted by Crippen LogP contribution is 2.16. The summed E-state index contributed by atoms with van der Waals surface area (Å²) in [6.07, 6.45) is 1.37. The van der Waals surface area contributed by atoms with E-state index >= 15 is 0 Å². The molecule has 20 heavy (non-hydrogen) atoms. The van der Waals surface area contributed by atoms with Gasteiger partial charge in [0.25, 0.3) is 0 Å². The number of nitrogens with zero attached hydrogens (tertiary/aromatic N) is 3. The third-order valence-electron chi connectivity index (χ3n) is 3.52. The third kappa shape index (κ3) is 3.05. The van der Waals surface area contributed by atoms with Crippen LogP contribution in [0, 0.1) is 0 Å². The Morgan fingerprint density at radius 1 is 1.35 bits per heavy atom. The molecule has 1 aromatic heterocycles. The quantitative estimate of drug-likeness (QED) is 0.413. The van der Waals surface area contributed by atoms with Crippen molar-refractivity contribution in [3.63, 3.8) is 0 Å². The Balaban J connectivity index is 2.03. The molecule has 1 fully saturated rings. The fourth-order valence-corrected chi connectivity index (χ4v) is 2.28. The normalized spacial score (nSPS) is 30.9. The van der Waals surface area contributed by atoms with E-state index in [0.717, 1.165) is 5.57 Å². The second-order valence-electron chi connectivity index (χ2n) is 4.94. The van der Waals surface area contributed by atoms with Gasteiger partial charge in [-0.2, -0.15) is 0 Å². The number of aliphatic hydroxyl groups excluding tert-OH is 4. The highest BCUT2D eigenvalue weighted by molar-refractivity contribution is 5.59. The predicted octanol–water partition coefficient (Wildman–Crippen LogP) is -2.27. The first-order valence-corrected chi connectivity index (χ1v) is 6.48. The van der Waals surface area contributed by atoms with Gasteiger partial charge in [-0.3, -0.25) is 4.68 Å². The van der Waals surface area contributed by atoms with Crippen LogP contribution in [0.1, 0.15) is 12.6 Å². The van der Waals surface area contributed by atoms with Gasteiger partial charge in [0, 0.05) is 0 Å². The number of hydrogen-bond acceptors (Lipinski definition) is 7. The molecule has 0 unspecified atom stereocenters. The van der Waals surface area contributed by atoms with Crippen LogP contribution in [0.4, 0.5) is 0 Å². The molecule has 8 heteroatoms. The van der Waals surface area contributed by atoms with Gasteiger partial charge in [-0.1, -0.05) is 11.3 Å². The van der Waals surface area contributed by atoms with E-state index < -0.39 is 24.3 Å². The number of allylic oxidation sites excluding steroid dienone is 1. The zero-order chi connectivity index (χ0) is 14.7. The maximum absolute atomic E-state index is 9.89. The molecule has 5 N–H and O–H groups in total. The summed E-state index contributed by atoms with van der Waals surface area (Å²) in [5, 5.41) is 48.4. The molecule has 1 saturated heterocycles. The van der Waals surface area contributed by atoms with Crippen molar-refractivity contribution in [1.82, 2.24) is 20.3 Å². The van der Waals surface area contributed by atoms with Crippen LogP contribution in [0.5, 0.6) is 0 Å². The average molecular weight is 284 g/mol. The monoisotopic (exact) mass is 284 g/mol. The van der Waals surface area contributed by atoms with Crippen molar-refractivity contribution in [2.75, 3.05) is 13.2 Å². The minimum Gasteiger partial charge on any atom is -0.395 e. The molecule has 0 aromatic carbocycles. The lowest BCUT2D eigenvalue weighted by molar-refractivity contribution is 0.0175. The minimum absolute atomic E-state index is 0.0635. The summed E-state index contributed by atoms with van der Waals surface area (Å²) in [6.45, 7) is 1.84. The van der Waals surface area contributed by atoms with E-state index in [0.29, 0.717) is 12.2 Å². The molecule has 1 aliphatic rings. The van der Waals surface area contributed by atoms with Crippen LogP contribution in [0.3, 0.4) is 0 Å². The second-order valence-corrected chi connectivity index (χ2v) is 4.94. The maximum Gasteiger partial charge on any atom is 0.108 e. The first-order chi connectivity index (χ1) is 9.56. The summed E-state index contributed by atoms with van der Waals surface area (Å²) in [5.74, 6) is 0. The van der Waals surface area contributed by atoms with Crippen LogP contribution < -0.4 is 5.32 Å². The van der Waals surface area contributed by atoms with Gasteiger partial charge >= 0.3 is 0 Å². The van der Waals surface area contributed by atoms with Crippen molar-refractivity contribution in [3.8, 4) is 0 Å². The molecule has 0 saturated carbocycles. The van der Waals surface area contributed by atoms with Gasteiger partial charge in [-0.25, -0.2) is 0 Å². The van der Waals surface area contributed by atoms with Crippen LogP contribution >= 0.6 is 0 Å². The Morgan fingerprint density at radius 2 is 2.05 bits per heavy atom. The van der Waals surface area contributed by atoms with E-state index in [9.17, 15) is 10.2 Å². The van der Waals surface area contributed by atoms with Crippen molar-refractivity contribution in [1.29, 1.82) is 0 Å². The van der Waals surface area contributed by atoms with Crippen molar-refractivity contribution < 1.29 is 20.4 Å². The average Bonchev–Trinajstić information content (AvgIpc) is 3.00. The standard InChI is InChI=1S/C12H20N4O4/c1-7(2-3-17)8-4-16(15-14-8)5-9-11(19)12(20)10(6-18)13-9/h2,4,9-13,17-20H,3,5-6H2,1H3/b7-2+/t9-,10-,11-,12-/m1/s1. The highest BCUT2D eigenvalue weighted by Gasteiger charge is 2.40. The van der Waals surface area contributed by atoms with Crippen LogP contribution in [0.15, 0.2) is 12.3 Å². The molecule has 0 bridgehead atoms. The fraction of sp³-hybridized carbons (Fsp3) is 0.667. The van der Waals surface area contributed by atoms with Crippen molar-refractivity contribution >= 4 is 5.57 Å². The third-order valence-corrected chi connectivity index (χ3v) is 3.52. The van der Waals surface area contributed by atoms with Gasteiger partial charge in [-0.05, 0) is 12.5 Å². The largest absolute Gasteiger partial charge is 0.395 e. The Morgan fingerprint density at radius 3 is 2.65 bits per heavy atom. The molecule has 8 nitrogen and oxygen atoms in total. The fourth-order valence-electron chi connectivity index (χ4n) is 2.28. The summed E-state index contributed by atoms with van der Waals surface area (Å²) >= 11 is 0. The van der Waals surface area contributed by atoms with Gasteiger partial charge in [0.15, 0.2) is 0 Å². The zero-order valence-corrected chi connectivity index (χ0v) is 11.2. The van der Waals surface area contributed by atoms with Gasteiger partial charge in [0.1, 0.15) is 5.69 Å². The van der Waals surface area contributed by atoms with E-state index in [2.05, 4.69) is 15.6 Å². The van der Waals surface area contributed by atoms with E-state index in [-0.39, 0.29) is 13.2 Å². The Hall–Kier alpha value is -1.32. The van der Waals surface area contributed by atoms with Crippen LogP contribution in [0.2, 0.25) is 0 Å².